The number of amides is 1. The van der Waals surface area contributed by atoms with Crippen molar-refractivity contribution in [2.45, 2.75) is 58.5 Å². The van der Waals surface area contributed by atoms with Gasteiger partial charge in [0.15, 0.2) is 0 Å². The molecular weight excluding hydrogens is 330 g/mol. The first-order chi connectivity index (χ1) is 12.6. The minimum Gasteiger partial charge on any atom is -0.477 e. The van der Waals surface area contributed by atoms with E-state index in [1.54, 1.807) is 19.5 Å². The molecule has 1 aromatic rings. The summed E-state index contributed by atoms with van der Waals surface area (Å²) in [6.45, 7) is 6.04. The van der Waals surface area contributed by atoms with Gasteiger partial charge in [0.25, 0.3) is 11.8 Å². The van der Waals surface area contributed by atoms with Crippen molar-refractivity contribution in [1.82, 2.24) is 14.9 Å². The third-order valence-electron chi connectivity index (χ3n) is 5.86. The highest BCUT2D eigenvalue weighted by Crippen LogP contribution is 2.34. The Morgan fingerprint density at radius 1 is 1.12 bits per heavy atom. The summed E-state index contributed by atoms with van der Waals surface area (Å²) >= 11 is 0. The van der Waals surface area contributed by atoms with Crippen LogP contribution in [0.15, 0.2) is 12.4 Å². The molecule has 6 nitrogen and oxygen atoms in total. The Morgan fingerprint density at radius 2 is 1.81 bits per heavy atom. The van der Waals surface area contributed by atoms with Crippen molar-refractivity contribution in [2.75, 3.05) is 20.2 Å². The number of piperidine rings is 1. The van der Waals surface area contributed by atoms with Gasteiger partial charge >= 0.3 is 0 Å². The van der Waals surface area contributed by atoms with Gasteiger partial charge in [0.2, 0.25) is 5.91 Å². The van der Waals surface area contributed by atoms with E-state index in [9.17, 15) is 4.79 Å². The standard InChI is InChI=1S/C20H31N3O3/c1-14(2)15-6-8-16(9-7-15)20(24)23-12-4-5-17(13-23)26-19-18(25-3)21-10-11-22-19/h10-11,14-17H,4-9,12-13H2,1-3H3. The lowest BCUT2D eigenvalue weighted by atomic mass is 9.76. The molecular formula is C20H31N3O3. The number of carbonyl (C=O) groups excluding carboxylic acids is 1. The van der Waals surface area contributed by atoms with Crippen LogP contribution < -0.4 is 9.47 Å². The number of ether oxygens (including phenoxy) is 2. The fourth-order valence-electron chi connectivity index (χ4n) is 4.22. The van der Waals surface area contributed by atoms with E-state index in [0.717, 1.165) is 44.1 Å². The molecule has 1 amide bonds. The Morgan fingerprint density at radius 3 is 2.46 bits per heavy atom. The molecule has 0 radical (unpaired) electrons. The van der Waals surface area contributed by atoms with E-state index in [0.29, 0.717) is 24.2 Å². The van der Waals surface area contributed by atoms with Crippen molar-refractivity contribution in [3.8, 4) is 11.8 Å². The van der Waals surface area contributed by atoms with Crippen LogP contribution in [0.1, 0.15) is 52.4 Å². The molecule has 1 saturated heterocycles. The van der Waals surface area contributed by atoms with Crippen molar-refractivity contribution >= 4 is 5.91 Å². The summed E-state index contributed by atoms with van der Waals surface area (Å²) in [5.74, 6) is 2.80. The minimum atomic E-state index is -0.0506. The van der Waals surface area contributed by atoms with E-state index in [1.165, 1.54) is 12.8 Å². The zero-order valence-corrected chi connectivity index (χ0v) is 16.2. The second-order valence-corrected chi connectivity index (χ2v) is 7.89. The minimum absolute atomic E-state index is 0.0506. The van der Waals surface area contributed by atoms with Crippen molar-refractivity contribution < 1.29 is 14.3 Å². The molecule has 0 N–H and O–H groups in total. The Hall–Kier alpha value is -1.85. The maximum absolute atomic E-state index is 13.0. The summed E-state index contributed by atoms with van der Waals surface area (Å²) in [4.78, 5) is 23.3. The lowest BCUT2D eigenvalue weighted by Gasteiger charge is -2.37. The number of carbonyl (C=O) groups is 1. The van der Waals surface area contributed by atoms with Crippen LogP contribution in [0.25, 0.3) is 0 Å². The van der Waals surface area contributed by atoms with Gasteiger partial charge < -0.3 is 14.4 Å². The SMILES string of the molecule is COc1nccnc1OC1CCCN(C(=O)C2CCC(C(C)C)CC2)C1. The summed E-state index contributed by atoms with van der Waals surface area (Å²) in [5, 5.41) is 0. The number of likely N-dealkylation sites (tertiary alicyclic amines) is 1. The number of rotatable bonds is 5. The van der Waals surface area contributed by atoms with E-state index in [-0.39, 0.29) is 12.0 Å². The average molecular weight is 361 g/mol. The third kappa shape index (κ3) is 4.46. The molecule has 1 aromatic heterocycles. The summed E-state index contributed by atoms with van der Waals surface area (Å²) in [6, 6.07) is 0. The topological polar surface area (TPSA) is 64.6 Å². The van der Waals surface area contributed by atoms with E-state index < -0.39 is 0 Å². The predicted octanol–water partition coefficient (Wildman–Crippen LogP) is 3.32. The molecule has 0 spiro atoms. The Kier molecular flexibility index (Phi) is 6.33. The first-order valence-corrected chi connectivity index (χ1v) is 9.89. The molecule has 1 aliphatic carbocycles. The second-order valence-electron chi connectivity index (χ2n) is 7.89. The van der Waals surface area contributed by atoms with Crippen LogP contribution in [0.4, 0.5) is 0 Å². The molecule has 26 heavy (non-hydrogen) atoms. The lowest BCUT2D eigenvalue weighted by molar-refractivity contribution is -0.139. The molecule has 1 atom stereocenters. The van der Waals surface area contributed by atoms with Crippen molar-refractivity contribution in [1.29, 1.82) is 0 Å². The van der Waals surface area contributed by atoms with Crippen LogP contribution in [-0.4, -0.2) is 47.1 Å². The van der Waals surface area contributed by atoms with Gasteiger partial charge in [-0.15, -0.1) is 0 Å². The fourth-order valence-corrected chi connectivity index (χ4v) is 4.22. The predicted molar refractivity (Wildman–Crippen MR) is 99.1 cm³/mol. The van der Waals surface area contributed by atoms with Crippen LogP contribution in [0, 0.1) is 17.8 Å². The van der Waals surface area contributed by atoms with Gasteiger partial charge in [0.1, 0.15) is 6.10 Å². The van der Waals surface area contributed by atoms with E-state index >= 15 is 0 Å². The Balaban J connectivity index is 1.55. The van der Waals surface area contributed by atoms with Gasteiger partial charge in [0.05, 0.1) is 13.7 Å². The van der Waals surface area contributed by atoms with Gasteiger partial charge in [-0.2, -0.15) is 0 Å². The number of aromatic nitrogens is 2. The Labute approximate surface area is 156 Å². The molecule has 0 aromatic carbocycles. The molecule has 1 saturated carbocycles. The zero-order valence-electron chi connectivity index (χ0n) is 16.2. The molecule has 2 aliphatic rings. The molecule has 3 rings (SSSR count). The molecule has 0 bridgehead atoms. The maximum Gasteiger partial charge on any atom is 0.278 e. The number of methoxy groups -OCH3 is 1. The van der Waals surface area contributed by atoms with Crippen LogP contribution in [0.5, 0.6) is 11.8 Å². The van der Waals surface area contributed by atoms with Gasteiger partial charge in [-0.25, -0.2) is 9.97 Å². The van der Waals surface area contributed by atoms with Crippen molar-refractivity contribution in [3.63, 3.8) is 0 Å². The molecule has 2 fully saturated rings. The van der Waals surface area contributed by atoms with Crippen LogP contribution in [0.3, 0.4) is 0 Å². The molecule has 144 valence electrons. The quantitative estimate of drug-likeness (QED) is 0.805. The summed E-state index contributed by atoms with van der Waals surface area (Å²) in [5.41, 5.74) is 0. The highest BCUT2D eigenvalue weighted by Gasteiger charge is 2.33. The zero-order chi connectivity index (χ0) is 18.5. The van der Waals surface area contributed by atoms with Crippen LogP contribution in [-0.2, 0) is 4.79 Å². The normalized spacial score (nSPS) is 26.6. The van der Waals surface area contributed by atoms with Crippen LogP contribution in [0.2, 0.25) is 0 Å². The fraction of sp³-hybridized carbons (Fsp3) is 0.750. The first-order valence-electron chi connectivity index (χ1n) is 9.89. The van der Waals surface area contributed by atoms with E-state index in [4.69, 9.17) is 9.47 Å². The average Bonchev–Trinajstić information content (AvgIpc) is 2.68. The van der Waals surface area contributed by atoms with Gasteiger partial charge in [0, 0.05) is 24.9 Å². The monoisotopic (exact) mass is 361 g/mol. The van der Waals surface area contributed by atoms with Crippen molar-refractivity contribution in [2.24, 2.45) is 17.8 Å². The number of nitrogens with zero attached hydrogens (tertiary/aromatic N) is 3. The molecule has 6 heteroatoms. The Bertz CT molecular complexity index is 600. The lowest BCUT2D eigenvalue weighted by Crippen LogP contribution is -2.47. The van der Waals surface area contributed by atoms with Crippen LogP contribution >= 0.6 is 0 Å². The number of hydrogen-bond donors (Lipinski definition) is 0. The van der Waals surface area contributed by atoms with Gasteiger partial charge in [-0.1, -0.05) is 13.8 Å². The van der Waals surface area contributed by atoms with E-state index in [2.05, 4.69) is 23.8 Å². The van der Waals surface area contributed by atoms with Gasteiger partial charge in [-0.05, 0) is 50.4 Å². The largest absolute Gasteiger partial charge is 0.477 e. The highest BCUT2D eigenvalue weighted by atomic mass is 16.5. The molecule has 1 unspecified atom stereocenters. The van der Waals surface area contributed by atoms with E-state index in [1.807, 2.05) is 4.90 Å². The third-order valence-corrected chi connectivity index (χ3v) is 5.86. The van der Waals surface area contributed by atoms with Gasteiger partial charge in [-0.3, -0.25) is 4.79 Å². The second kappa shape index (κ2) is 8.69. The summed E-state index contributed by atoms with van der Waals surface area (Å²) < 4.78 is 11.2. The highest BCUT2D eigenvalue weighted by molar-refractivity contribution is 5.79. The first kappa shape index (κ1) is 18.9. The smallest absolute Gasteiger partial charge is 0.278 e. The molecule has 1 aliphatic heterocycles. The summed E-state index contributed by atoms with van der Waals surface area (Å²) in [6.07, 6.45) is 9.42. The van der Waals surface area contributed by atoms with Crippen molar-refractivity contribution in [3.05, 3.63) is 12.4 Å². The maximum atomic E-state index is 13.0. The summed E-state index contributed by atoms with van der Waals surface area (Å²) in [7, 11) is 1.56. The number of hydrogen-bond acceptors (Lipinski definition) is 5. The molecule has 2 heterocycles.